The third-order valence-corrected chi connectivity index (χ3v) is 5.66. The van der Waals surface area contributed by atoms with Gasteiger partial charge in [0, 0.05) is 24.5 Å². The van der Waals surface area contributed by atoms with Gasteiger partial charge in [0.2, 0.25) is 5.91 Å². The number of furan rings is 1. The van der Waals surface area contributed by atoms with Crippen LogP contribution < -0.4 is 5.32 Å². The molecule has 0 spiro atoms. The van der Waals surface area contributed by atoms with E-state index in [0.717, 1.165) is 42.7 Å². The highest BCUT2D eigenvalue weighted by molar-refractivity contribution is 5.82. The van der Waals surface area contributed by atoms with Crippen LogP contribution in [0.4, 0.5) is 0 Å². The summed E-state index contributed by atoms with van der Waals surface area (Å²) in [5, 5.41) is 13.0. The number of amides is 1. The van der Waals surface area contributed by atoms with Crippen molar-refractivity contribution in [3.05, 3.63) is 36.1 Å². The van der Waals surface area contributed by atoms with Crippen molar-refractivity contribution in [2.45, 2.75) is 44.8 Å². The first-order chi connectivity index (χ1) is 13.3. The van der Waals surface area contributed by atoms with E-state index in [4.69, 9.17) is 9.52 Å². The van der Waals surface area contributed by atoms with Crippen molar-refractivity contribution < 1.29 is 19.1 Å². The minimum Gasteiger partial charge on any atom is -0.480 e. The Kier molecular flexibility index (Phi) is 6.36. The second kappa shape index (κ2) is 8.75. The predicted molar refractivity (Wildman–Crippen MR) is 107 cm³/mol. The molecule has 152 valence electrons. The number of nitrogens with one attached hydrogen (secondary N) is 1. The summed E-state index contributed by atoms with van der Waals surface area (Å²) in [6.07, 6.45) is 1.72. The maximum absolute atomic E-state index is 12.7. The number of carbonyl (C=O) groups excluding carboxylic acids is 1. The highest BCUT2D eigenvalue weighted by Gasteiger charge is 2.29. The normalized spacial score (nSPS) is 18.3. The Hall–Kier alpha value is -2.38. The molecule has 3 rings (SSSR count). The number of para-hydroxylation sites is 1. The van der Waals surface area contributed by atoms with Gasteiger partial charge in [-0.25, -0.2) is 0 Å². The van der Waals surface area contributed by atoms with E-state index in [1.807, 2.05) is 56.1 Å². The molecule has 7 heteroatoms. The van der Waals surface area contributed by atoms with Crippen LogP contribution >= 0.6 is 0 Å². The number of fused-ring (bicyclic) bond motifs is 1. The van der Waals surface area contributed by atoms with Crippen LogP contribution in [0.3, 0.4) is 0 Å². The molecule has 2 unspecified atom stereocenters. The van der Waals surface area contributed by atoms with E-state index >= 15 is 0 Å². The molecule has 0 bridgehead atoms. The number of hydrogen-bond donors (Lipinski definition) is 2. The lowest BCUT2D eigenvalue weighted by Gasteiger charge is -2.38. The van der Waals surface area contributed by atoms with Crippen LogP contribution in [-0.4, -0.2) is 65.5 Å². The molecule has 0 aliphatic carbocycles. The Morgan fingerprint density at radius 1 is 1.29 bits per heavy atom. The Labute approximate surface area is 165 Å². The number of piperidine rings is 1. The lowest BCUT2D eigenvalue weighted by Crippen LogP contribution is -2.51. The second-order valence-electron chi connectivity index (χ2n) is 7.67. The van der Waals surface area contributed by atoms with Crippen molar-refractivity contribution in [2.24, 2.45) is 0 Å². The summed E-state index contributed by atoms with van der Waals surface area (Å²) in [4.78, 5) is 27.6. The number of hydrogen-bond acceptors (Lipinski definition) is 5. The summed E-state index contributed by atoms with van der Waals surface area (Å²) < 4.78 is 5.85. The Balaban J connectivity index is 1.52. The molecule has 1 fully saturated rings. The number of carbonyl (C=O) groups is 2. The quantitative estimate of drug-likeness (QED) is 0.759. The van der Waals surface area contributed by atoms with Crippen LogP contribution in [0.2, 0.25) is 0 Å². The van der Waals surface area contributed by atoms with E-state index in [-0.39, 0.29) is 30.6 Å². The fraction of sp³-hybridized carbons (Fsp3) is 0.524. The van der Waals surface area contributed by atoms with Gasteiger partial charge in [-0.1, -0.05) is 18.2 Å². The van der Waals surface area contributed by atoms with Gasteiger partial charge in [-0.05, 0) is 45.9 Å². The number of carboxylic acid groups (broad SMARTS) is 1. The first-order valence-corrected chi connectivity index (χ1v) is 9.80. The molecule has 0 radical (unpaired) electrons. The second-order valence-corrected chi connectivity index (χ2v) is 7.67. The van der Waals surface area contributed by atoms with Crippen molar-refractivity contribution in [1.29, 1.82) is 0 Å². The van der Waals surface area contributed by atoms with Gasteiger partial charge in [0.25, 0.3) is 0 Å². The molecule has 2 N–H and O–H groups in total. The molecule has 7 nitrogen and oxygen atoms in total. The predicted octanol–water partition coefficient (Wildman–Crippen LogP) is 2.48. The van der Waals surface area contributed by atoms with Crippen LogP contribution in [0.25, 0.3) is 11.0 Å². The third-order valence-electron chi connectivity index (χ3n) is 5.66. The Morgan fingerprint density at radius 2 is 1.96 bits per heavy atom. The Bertz CT molecular complexity index is 793. The fourth-order valence-electron chi connectivity index (χ4n) is 3.84. The largest absolute Gasteiger partial charge is 0.480 e. The molecule has 2 aromatic rings. The molecule has 1 aromatic carbocycles. The third kappa shape index (κ3) is 4.72. The van der Waals surface area contributed by atoms with Gasteiger partial charge >= 0.3 is 5.97 Å². The minimum atomic E-state index is -0.808. The molecule has 1 amide bonds. The lowest BCUT2D eigenvalue weighted by atomic mass is 10.0. The van der Waals surface area contributed by atoms with Crippen LogP contribution in [-0.2, 0) is 9.59 Å². The number of benzene rings is 1. The van der Waals surface area contributed by atoms with Crippen molar-refractivity contribution in [2.75, 3.05) is 26.7 Å². The SMILES string of the molecule is CC(NC(=O)C(C)N1CCC(N(C)CC(=O)O)CC1)c1cc2ccccc2o1. The van der Waals surface area contributed by atoms with Gasteiger partial charge in [0.1, 0.15) is 11.3 Å². The average molecular weight is 387 g/mol. The Morgan fingerprint density at radius 3 is 2.61 bits per heavy atom. The van der Waals surface area contributed by atoms with Crippen molar-refractivity contribution in [1.82, 2.24) is 15.1 Å². The zero-order valence-corrected chi connectivity index (χ0v) is 16.7. The number of aliphatic carboxylic acids is 1. The van der Waals surface area contributed by atoms with Crippen LogP contribution in [0, 0.1) is 0 Å². The van der Waals surface area contributed by atoms with Crippen LogP contribution in [0.5, 0.6) is 0 Å². The summed E-state index contributed by atoms with van der Waals surface area (Å²) in [6.45, 7) is 5.46. The van der Waals surface area contributed by atoms with Crippen LogP contribution in [0.15, 0.2) is 34.7 Å². The van der Waals surface area contributed by atoms with Crippen molar-refractivity contribution in [3.63, 3.8) is 0 Å². The van der Waals surface area contributed by atoms with Crippen molar-refractivity contribution >= 4 is 22.8 Å². The maximum atomic E-state index is 12.7. The van der Waals surface area contributed by atoms with Gasteiger partial charge < -0.3 is 14.8 Å². The van der Waals surface area contributed by atoms with E-state index in [1.54, 1.807) is 0 Å². The summed E-state index contributed by atoms with van der Waals surface area (Å²) in [7, 11) is 1.85. The van der Waals surface area contributed by atoms with E-state index in [2.05, 4.69) is 10.2 Å². The fourth-order valence-corrected chi connectivity index (χ4v) is 3.84. The van der Waals surface area contributed by atoms with E-state index < -0.39 is 5.97 Å². The summed E-state index contributed by atoms with van der Waals surface area (Å²) in [5.41, 5.74) is 0.819. The van der Waals surface area contributed by atoms with E-state index in [0.29, 0.717) is 0 Å². The van der Waals surface area contributed by atoms with E-state index in [1.165, 1.54) is 0 Å². The number of carboxylic acids is 1. The molecule has 2 atom stereocenters. The van der Waals surface area contributed by atoms with Gasteiger partial charge in [-0.15, -0.1) is 0 Å². The standard InChI is InChI=1S/C21H29N3O4/c1-14(19-12-16-6-4-5-7-18(16)28-19)22-21(27)15(2)24-10-8-17(9-11-24)23(3)13-20(25)26/h4-7,12,14-15,17H,8-11,13H2,1-3H3,(H,22,27)(H,25,26). The summed E-state index contributed by atoms with van der Waals surface area (Å²) in [6, 6.07) is 9.57. The monoisotopic (exact) mass is 387 g/mol. The number of nitrogens with zero attached hydrogens (tertiary/aromatic N) is 2. The molecule has 1 aromatic heterocycles. The lowest BCUT2D eigenvalue weighted by molar-refractivity contribution is -0.138. The van der Waals surface area contributed by atoms with Gasteiger partial charge in [0.15, 0.2) is 0 Å². The minimum absolute atomic E-state index is 0.0229. The number of likely N-dealkylation sites (N-methyl/N-ethyl adjacent to an activating group) is 1. The molecule has 0 saturated carbocycles. The number of likely N-dealkylation sites (tertiary alicyclic amines) is 1. The maximum Gasteiger partial charge on any atom is 0.317 e. The molecular weight excluding hydrogens is 358 g/mol. The number of rotatable bonds is 7. The first-order valence-electron chi connectivity index (χ1n) is 9.80. The molecular formula is C21H29N3O4. The van der Waals surface area contributed by atoms with E-state index in [9.17, 15) is 9.59 Å². The highest BCUT2D eigenvalue weighted by Crippen LogP contribution is 2.24. The topological polar surface area (TPSA) is 86.0 Å². The van der Waals surface area contributed by atoms with Crippen LogP contribution in [0.1, 0.15) is 38.5 Å². The molecule has 28 heavy (non-hydrogen) atoms. The smallest absolute Gasteiger partial charge is 0.317 e. The zero-order valence-electron chi connectivity index (χ0n) is 16.7. The van der Waals surface area contributed by atoms with Gasteiger partial charge in [0.05, 0.1) is 18.6 Å². The average Bonchev–Trinajstić information content (AvgIpc) is 3.11. The van der Waals surface area contributed by atoms with Gasteiger partial charge in [-0.3, -0.25) is 19.4 Å². The highest BCUT2D eigenvalue weighted by atomic mass is 16.4. The van der Waals surface area contributed by atoms with Crippen molar-refractivity contribution in [3.8, 4) is 0 Å². The zero-order chi connectivity index (χ0) is 20.3. The summed E-state index contributed by atoms with van der Waals surface area (Å²) >= 11 is 0. The summed E-state index contributed by atoms with van der Waals surface area (Å²) in [5.74, 6) is -0.0849. The first kappa shape index (κ1) is 20.4. The van der Waals surface area contributed by atoms with Gasteiger partial charge in [-0.2, -0.15) is 0 Å². The molecule has 1 saturated heterocycles. The molecule has 1 aliphatic heterocycles. The molecule has 1 aliphatic rings. The molecule has 2 heterocycles.